The van der Waals surface area contributed by atoms with E-state index in [1.807, 2.05) is 37.3 Å². The van der Waals surface area contributed by atoms with Crippen LogP contribution in [0.25, 0.3) is 10.2 Å². The molecule has 1 heterocycles. The van der Waals surface area contributed by atoms with Crippen molar-refractivity contribution in [1.82, 2.24) is 9.71 Å². The third-order valence-corrected chi connectivity index (χ3v) is 6.88. The van der Waals surface area contributed by atoms with Crippen LogP contribution in [0.4, 0.5) is 0 Å². The molecular formula is C18H20N2O4S2. The lowest BCUT2D eigenvalue weighted by atomic mass is 10.1. The number of hydrogen-bond donors (Lipinski definition) is 1. The van der Waals surface area contributed by atoms with Gasteiger partial charge in [0, 0.05) is 6.04 Å². The third kappa shape index (κ3) is 3.98. The molecule has 0 fully saturated rings. The highest BCUT2D eigenvalue weighted by molar-refractivity contribution is 7.91. The van der Waals surface area contributed by atoms with Crippen LogP contribution in [0, 0.1) is 0 Å². The zero-order chi connectivity index (χ0) is 18.7. The Kier molecular flexibility index (Phi) is 5.45. The van der Waals surface area contributed by atoms with E-state index in [4.69, 9.17) is 9.47 Å². The number of benzene rings is 2. The summed E-state index contributed by atoms with van der Waals surface area (Å²) in [6.07, 6.45) is 0.463. The van der Waals surface area contributed by atoms with Crippen molar-refractivity contribution in [2.75, 3.05) is 14.2 Å². The predicted octanol–water partition coefficient (Wildman–Crippen LogP) is 3.22. The maximum Gasteiger partial charge on any atom is 0.268 e. The van der Waals surface area contributed by atoms with Gasteiger partial charge in [-0.2, -0.15) is 0 Å². The first-order valence-corrected chi connectivity index (χ1v) is 10.3. The lowest BCUT2D eigenvalue weighted by Gasteiger charge is -2.16. The predicted molar refractivity (Wildman–Crippen MR) is 103 cm³/mol. The van der Waals surface area contributed by atoms with E-state index >= 15 is 0 Å². The van der Waals surface area contributed by atoms with E-state index < -0.39 is 10.0 Å². The second-order valence-corrected chi connectivity index (χ2v) is 8.77. The number of rotatable bonds is 7. The van der Waals surface area contributed by atoms with Crippen molar-refractivity contribution in [2.24, 2.45) is 0 Å². The molecule has 3 aromatic rings. The third-order valence-electron chi connectivity index (χ3n) is 3.87. The molecule has 0 bridgehead atoms. The SMILES string of the molecule is COc1ccc(OC)c(CC(C)NS(=O)(=O)c2nc3ccccc3s2)c1. The maximum absolute atomic E-state index is 12.7. The number of para-hydroxylation sites is 1. The van der Waals surface area contributed by atoms with E-state index in [9.17, 15) is 8.42 Å². The maximum atomic E-state index is 12.7. The first kappa shape index (κ1) is 18.6. The number of ether oxygens (including phenoxy) is 2. The zero-order valence-electron chi connectivity index (χ0n) is 14.7. The van der Waals surface area contributed by atoms with Gasteiger partial charge in [0.1, 0.15) is 11.5 Å². The number of hydrogen-bond acceptors (Lipinski definition) is 6. The minimum Gasteiger partial charge on any atom is -0.497 e. The molecule has 3 rings (SSSR count). The highest BCUT2D eigenvalue weighted by Crippen LogP contribution is 2.27. The fraction of sp³-hybridized carbons (Fsp3) is 0.278. The molecule has 0 saturated heterocycles. The molecule has 6 nitrogen and oxygen atoms in total. The van der Waals surface area contributed by atoms with Crippen LogP contribution in [0.15, 0.2) is 46.8 Å². The van der Waals surface area contributed by atoms with E-state index in [0.29, 0.717) is 23.4 Å². The molecule has 1 atom stereocenters. The molecule has 1 unspecified atom stereocenters. The number of nitrogens with zero attached hydrogens (tertiary/aromatic N) is 1. The Morgan fingerprint density at radius 2 is 1.92 bits per heavy atom. The van der Waals surface area contributed by atoms with Gasteiger partial charge in [-0.25, -0.2) is 18.1 Å². The van der Waals surface area contributed by atoms with Crippen LogP contribution >= 0.6 is 11.3 Å². The van der Waals surface area contributed by atoms with E-state index in [1.165, 1.54) is 0 Å². The average molecular weight is 393 g/mol. The van der Waals surface area contributed by atoms with Gasteiger partial charge in [-0.15, -0.1) is 11.3 Å². The van der Waals surface area contributed by atoms with Crippen molar-refractivity contribution in [1.29, 1.82) is 0 Å². The molecule has 0 aliphatic heterocycles. The Morgan fingerprint density at radius 3 is 2.62 bits per heavy atom. The van der Waals surface area contributed by atoms with E-state index in [1.54, 1.807) is 26.4 Å². The molecule has 26 heavy (non-hydrogen) atoms. The number of fused-ring (bicyclic) bond motifs is 1. The van der Waals surface area contributed by atoms with Crippen molar-refractivity contribution in [2.45, 2.75) is 23.7 Å². The lowest BCUT2D eigenvalue weighted by molar-refractivity contribution is 0.397. The van der Waals surface area contributed by atoms with Crippen LogP contribution in [-0.4, -0.2) is 33.7 Å². The minimum atomic E-state index is -3.69. The van der Waals surface area contributed by atoms with Crippen molar-refractivity contribution in [3.8, 4) is 11.5 Å². The topological polar surface area (TPSA) is 77.5 Å². The summed E-state index contributed by atoms with van der Waals surface area (Å²) in [6.45, 7) is 1.81. The van der Waals surface area contributed by atoms with Gasteiger partial charge in [0.2, 0.25) is 4.34 Å². The van der Waals surface area contributed by atoms with Gasteiger partial charge >= 0.3 is 0 Å². The van der Waals surface area contributed by atoms with Gasteiger partial charge in [-0.1, -0.05) is 12.1 Å². The van der Waals surface area contributed by atoms with Crippen LogP contribution < -0.4 is 14.2 Å². The van der Waals surface area contributed by atoms with Crippen LogP contribution in [0.1, 0.15) is 12.5 Å². The summed E-state index contributed by atoms with van der Waals surface area (Å²) in [7, 11) is -0.519. The summed E-state index contributed by atoms with van der Waals surface area (Å²) < 4.78 is 39.5. The Bertz CT molecular complexity index is 982. The normalized spacial score (nSPS) is 12.9. The zero-order valence-corrected chi connectivity index (χ0v) is 16.4. The van der Waals surface area contributed by atoms with Crippen LogP contribution in [0.5, 0.6) is 11.5 Å². The second kappa shape index (κ2) is 7.61. The Hall–Kier alpha value is -2.16. The lowest BCUT2D eigenvalue weighted by Crippen LogP contribution is -2.34. The standard InChI is InChI=1S/C18H20N2O4S2/c1-12(10-13-11-14(23-2)8-9-16(13)24-3)20-26(21,22)18-19-15-6-4-5-7-17(15)25-18/h4-9,11-12,20H,10H2,1-3H3. The monoisotopic (exact) mass is 392 g/mol. The average Bonchev–Trinajstić information content (AvgIpc) is 3.06. The fourth-order valence-electron chi connectivity index (χ4n) is 2.69. The number of nitrogens with one attached hydrogen (secondary N) is 1. The molecule has 2 aromatic carbocycles. The molecule has 0 spiro atoms. The molecule has 0 saturated carbocycles. The summed E-state index contributed by atoms with van der Waals surface area (Å²) in [5.74, 6) is 1.39. The van der Waals surface area contributed by atoms with E-state index in [2.05, 4.69) is 9.71 Å². The number of thiazole rings is 1. The quantitative estimate of drug-likeness (QED) is 0.668. The molecule has 1 aromatic heterocycles. The van der Waals surface area contributed by atoms with Crippen molar-refractivity contribution in [3.63, 3.8) is 0 Å². The molecule has 1 N–H and O–H groups in total. The first-order valence-electron chi connectivity index (χ1n) is 8.01. The smallest absolute Gasteiger partial charge is 0.268 e. The minimum absolute atomic E-state index is 0.0724. The van der Waals surface area contributed by atoms with E-state index in [0.717, 1.165) is 21.6 Å². The summed E-state index contributed by atoms with van der Waals surface area (Å²) in [5.41, 5.74) is 1.55. The molecule has 0 aliphatic carbocycles. The molecule has 0 aliphatic rings. The van der Waals surface area contributed by atoms with Gasteiger partial charge < -0.3 is 9.47 Å². The highest BCUT2D eigenvalue weighted by atomic mass is 32.2. The molecule has 8 heteroatoms. The molecular weight excluding hydrogens is 372 g/mol. The van der Waals surface area contributed by atoms with Crippen molar-refractivity contribution < 1.29 is 17.9 Å². The number of methoxy groups -OCH3 is 2. The number of aromatic nitrogens is 1. The van der Waals surface area contributed by atoms with Gasteiger partial charge in [0.25, 0.3) is 10.0 Å². The Morgan fingerprint density at radius 1 is 1.15 bits per heavy atom. The van der Waals surface area contributed by atoms with Crippen LogP contribution in [0.2, 0.25) is 0 Å². The Balaban J connectivity index is 1.79. The molecule has 0 amide bonds. The van der Waals surface area contributed by atoms with Crippen molar-refractivity contribution in [3.05, 3.63) is 48.0 Å². The van der Waals surface area contributed by atoms with Gasteiger partial charge in [-0.3, -0.25) is 0 Å². The first-order chi connectivity index (χ1) is 12.4. The Labute approximate surface area is 156 Å². The van der Waals surface area contributed by atoms with Gasteiger partial charge in [0.15, 0.2) is 0 Å². The second-order valence-electron chi connectivity index (χ2n) is 5.85. The highest BCUT2D eigenvalue weighted by Gasteiger charge is 2.22. The van der Waals surface area contributed by atoms with Crippen molar-refractivity contribution >= 4 is 31.6 Å². The fourth-order valence-corrected chi connectivity index (χ4v) is 5.18. The van der Waals surface area contributed by atoms with Gasteiger partial charge in [-0.05, 0) is 49.2 Å². The summed E-state index contributed by atoms with van der Waals surface area (Å²) in [6, 6.07) is 12.5. The molecule has 138 valence electrons. The number of sulfonamides is 1. The van der Waals surface area contributed by atoms with Gasteiger partial charge in [0.05, 0.1) is 24.4 Å². The molecule has 0 radical (unpaired) electrons. The summed E-state index contributed by atoms with van der Waals surface area (Å²) in [4.78, 5) is 4.23. The largest absolute Gasteiger partial charge is 0.497 e. The van der Waals surface area contributed by atoms with Crippen LogP contribution in [-0.2, 0) is 16.4 Å². The summed E-state index contributed by atoms with van der Waals surface area (Å²) >= 11 is 1.16. The van der Waals surface area contributed by atoms with Crippen LogP contribution in [0.3, 0.4) is 0 Å². The summed E-state index contributed by atoms with van der Waals surface area (Å²) in [5, 5.41) is 0. The van der Waals surface area contributed by atoms with E-state index in [-0.39, 0.29) is 10.4 Å².